The Labute approximate surface area is 157 Å². The monoisotopic (exact) mass is 361 g/mol. The van der Waals surface area contributed by atoms with Crippen LogP contribution >= 0.6 is 11.8 Å². The average Bonchev–Trinajstić information content (AvgIpc) is 3.19. The first-order valence-corrected chi connectivity index (χ1v) is 9.66. The van der Waals surface area contributed by atoms with Gasteiger partial charge in [-0.3, -0.25) is 4.79 Å². The maximum atomic E-state index is 12.9. The summed E-state index contributed by atoms with van der Waals surface area (Å²) in [4.78, 5) is 14.8. The summed E-state index contributed by atoms with van der Waals surface area (Å²) < 4.78 is 5.95. The molecule has 3 aromatic rings. The molecule has 0 spiro atoms. The van der Waals surface area contributed by atoms with Crippen LogP contribution in [0.4, 0.5) is 0 Å². The van der Waals surface area contributed by atoms with Crippen LogP contribution in [0.25, 0.3) is 0 Å². The average molecular weight is 361 g/mol. The zero-order valence-electron chi connectivity index (χ0n) is 14.2. The summed E-state index contributed by atoms with van der Waals surface area (Å²) in [5.41, 5.74) is 1.82. The Bertz CT molecular complexity index is 883. The summed E-state index contributed by atoms with van der Waals surface area (Å²) in [6.45, 7) is 0.757. The molecule has 0 bridgehead atoms. The molecule has 130 valence electrons. The van der Waals surface area contributed by atoms with Crippen molar-refractivity contribution in [3.63, 3.8) is 0 Å². The van der Waals surface area contributed by atoms with E-state index in [4.69, 9.17) is 4.74 Å². The number of amides is 1. The summed E-state index contributed by atoms with van der Waals surface area (Å²) in [5, 5.41) is 0.0158. The summed E-state index contributed by atoms with van der Waals surface area (Å²) in [5.74, 6) is 2.61. The quantitative estimate of drug-likeness (QED) is 0.626. The van der Waals surface area contributed by atoms with Gasteiger partial charge in [-0.2, -0.15) is 0 Å². The maximum absolute atomic E-state index is 12.9. The van der Waals surface area contributed by atoms with Crippen LogP contribution in [0.5, 0.6) is 11.5 Å². The molecule has 0 unspecified atom stereocenters. The van der Waals surface area contributed by atoms with Gasteiger partial charge in [0.2, 0.25) is 0 Å². The lowest BCUT2D eigenvalue weighted by Crippen LogP contribution is -2.30. The lowest BCUT2D eigenvalue weighted by Gasteiger charge is -2.24. The van der Waals surface area contributed by atoms with Crippen LogP contribution < -0.4 is 4.74 Å². The molecule has 3 aromatic carbocycles. The second-order valence-corrected chi connectivity index (χ2v) is 7.26. The number of hydrogen-bond acceptors (Lipinski definition) is 3. The molecule has 1 aliphatic rings. The summed E-state index contributed by atoms with van der Waals surface area (Å²) in [6.07, 6.45) is 0. The Hall–Kier alpha value is -2.72. The van der Waals surface area contributed by atoms with Crippen molar-refractivity contribution in [2.24, 2.45) is 0 Å². The van der Waals surface area contributed by atoms with Gasteiger partial charge in [0.15, 0.2) is 0 Å². The Balaban J connectivity index is 1.56. The fourth-order valence-corrected chi connectivity index (χ4v) is 4.30. The van der Waals surface area contributed by atoms with Crippen LogP contribution in [0.3, 0.4) is 0 Å². The molecular formula is C22H19NO2S. The Kier molecular flexibility index (Phi) is 4.93. The van der Waals surface area contributed by atoms with Crippen LogP contribution in [0.1, 0.15) is 21.3 Å². The Morgan fingerprint density at radius 3 is 2.35 bits per heavy atom. The summed E-state index contributed by atoms with van der Waals surface area (Å²) >= 11 is 1.79. The minimum atomic E-state index is 0.0158. The van der Waals surface area contributed by atoms with E-state index < -0.39 is 0 Å². The molecule has 3 nitrogen and oxygen atoms in total. The summed E-state index contributed by atoms with van der Waals surface area (Å²) in [6, 6.07) is 27.2. The number of thioether (sulfide) groups is 1. The summed E-state index contributed by atoms with van der Waals surface area (Å²) in [7, 11) is 0. The molecule has 1 aliphatic heterocycles. The smallest absolute Gasteiger partial charge is 0.255 e. The molecule has 0 aliphatic carbocycles. The lowest BCUT2D eigenvalue weighted by molar-refractivity contribution is 0.0760. The van der Waals surface area contributed by atoms with E-state index in [9.17, 15) is 4.79 Å². The highest BCUT2D eigenvalue weighted by molar-refractivity contribution is 7.99. The van der Waals surface area contributed by atoms with E-state index in [-0.39, 0.29) is 11.3 Å². The molecule has 4 rings (SSSR count). The van der Waals surface area contributed by atoms with Gasteiger partial charge in [-0.15, -0.1) is 11.8 Å². The number of para-hydroxylation sites is 1. The Morgan fingerprint density at radius 2 is 1.58 bits per heavy atom. The fraction of sp³-hybridized carbons (Fsp3) is 0.136. The van der Waals surface area contributed by atoms with E-state index in [2.05, 4.69) is 6.07 Å². The van der Waals surface area contributed by atoms with E-state index in [1.54, 1.807) is 11.8 Å². The molecule has 0 saturated carbocycles. The van der Waals surface area contributed by atoms with Crippen molar-refractivity contribution >= 4 is 17.7 Å². The van der Waals surface area contributed by atoms with Gasteiger partial charge in [0, 0.05) is 17.9 Å². The van der Waals surface area contributed by atoms with Crippen molar-refractivity contribution in [1.29, 1.82) is 0 Å². The molecule has 26 heavy (non-hydrogen) atoms. The van der Waals surface area contributed by atoms with Gasteiger partial charge in [0.05, 0.1) is 0 Å². The van der Waals surface area contributed by atoms with Crippen molar-refractivity contribution < 1.29 is 9.53 Å². The zero-order valence-corrected chi connectivity index (χ0v) is 15.1. The van der Waals surface area contributed by atoms with Crippen LogP contribution in [-0.2, 0) is 0 Å². The standard InChI is InChI=1S/C22H19NO2S/c24-21(17-8-3-1-4-9-17)23-14-15-26-22(23)18-10-7-13-20(16-18)25-19-11-5-2-6-12-19/h1-13,16,22H,14-15H2/t22-/m1/s1. The molecule has 4 heteroatoms. The van der Waals surface area contributed by atoms with Crippen molar-refractivity contribution in [2.45, 2.75) is 5.37 Å². The third-order valence-corrected chi connectivity index (χ3v) is 5.56. The second kappa shape index (κ2) is 7.67. The number of benzene rings is 3. The third-order valence-electron chi connectivity index (χ3n) is 4.29. The normalized spacial score (nSPS) is 16.5. The fourth-order valence-electron chi connectivity index (χ4n) is 3.06. The molecule has 1 saturated heterocycles. The van der Waals surface area contributed by atoms with Gasteiger partial charge < -0.3 is 9.64 Å². The van der Waals surface area contributed by atoms with E-state index in [0.717, 1.165) is 34.9 Å². The van der Waals surface area contributed by atoms with Crippen molar-refractivity contribution in [3.05, 3.63) is 96.1 Å². The number of carbonyl (C=O) groups is 1. The predicted molar refractivity (Wildman–Crippen MR) is 106 cm³/mol. The van der Waals surface area contributed by atoms with Crippen LogP contribution in [-0.4, -0.2) is 23.1 Å². The number of rotatable bonds is 4. The number of carbonyl (C=O) groups excluding carboxylic acids is 1. The van der Waals surface area contributed by atoms with Gasteiger partial charge in [-0.1, -0.05) is 48.5 Å². The Morgan fingerprint density at radius 1 is 0.885 bits per heavy atom. The largest absolute Gasteiger partial charge is 0.457 e. The predicted octanol–water partition coefficient (Wildman–Crippen LogP) is 5.37. The minimum absolute atomic E-state index is 0.0158. The topological polar surface area (TPSA) is 29.5 Å². The number of nitrogens with zero attached hydrogens (tertiary/aromatic N) is 1. The molecule has 1 fully saturated rings. The first kappa shape index (κ1) is 16.7. The van der Waals surface area contributed by atoms with Crippen LogP contribution in [0, 0.1) is 0 Å². The van der Waals surface area contributed by atoms with Crippen molar-refractivity contribution in [1.82, 2.24) is 4.90 Å². The van der Waals surface area contributed by atoms with E-state index >= 15 is 0 Å². The zero-order chi connectivity index (χ0) is 17.8. The van der Waals surface area contributed by atoms with Crippen LogP contribution in [0.15, 0.2) is 84.9 Å². The first-order chi connectivity index (χ1) is 12.8. The van der Waals surface area contributed by atoms with Crippen molar-refractivity contribution in [2.75, 3.05) is 12.3 Å². The molecular weight excluding hydrogens is 342 g/mol. The van der Waals surface area contributed by atoms with E-state index in [1.165, 1.54) is 0 Å². The molecule has 0 N–H and O–H groups in total. The highest BCUT2D eigenvalue weighted by Crippen LogP contribution is 2.40. The van der Waals surface area contributed by atoms with Crippen molar-refractivity contribution in [3.8, 4) is 11.5 Å². The second-order valence-electron chi connectivity index (χ2n) is 6.08. The van der Waals surface area contributed by atoms with Gasteiger partial charge in [-0.25, -0.2) is 0 Å². The van der Waals surface area contributed by atoms with E-state index in [1.807, 2.05) is 83.8 Å². The highest BCUT2D eigenvalue weighted by Gasteiger charge is 2.31. The lowest BCUT2D eigenvalue weighted by atomic mass is 10.1. The minimum Gasteiger partial charge on any atom is -0.457 e. The van der Waals surface area contributed by atoms with E-state index in [0.29, 0.717) is 0 Å². The van der Waals surface area contributed by atoms with Crippen LogP contribution in [0.2, 0.25) is 0 Å². The molecule has 0 aromatic heterocycles. The van der Waals surface area contributed by atoms with Gasteiger partial charge in [0.25, 0.3) is 5.91 Å². The first-order valence-electron chi connectivity index (χ1n) is 8.62. The number of ether oxygens (including phenoxy) is 1. The SMILES string of the molecule is O=C(c1ccccc1)N1CCS[C@@H]1c1cccc(Oc2ccccc2)c1. The molecule has 0 radical (unpaired) electrons. The molecule has 1 atom stereocenters. The van der Waals surface area contributed by atoms with Gasteiger partial charge in [-0.05, 0) is 42.0 Å². The number of hydrogen-bond donors (Lipinski definition) is 0. The maximum Gasteiger partial charge on any atom is 0.255 e. The molecule has 1 amide bonds. The molecule has 1 heterocycles. The third kappa shape index (κ3) is 3.60. The highest BCUT2D eigenvalue weighted by atomic mass is 32.2. The van der Waals surface area contributed by atoms with Gasteiger partial charge in [0.1, 0.15) is 16.9 Å². The van der Waals surface area contributed by atoms with Gasteiger partial charge >= 0.3 is 0 Å².